The van der Waals surface area contributed by atoms with Gasteiger partial charge in [-0.05, 0) is 55.5 Å². The summed E-state index contributed by atoms with van der Waals surface area (Å²) >= 11 is 2.84. The van der Waals surface area contributed by atoms with Crippen LogP contribution in [0.15, 0.2) is 42.1 Å². The van der Waals surface area contributed by atoms with Gasteiger partial charge >= 0.3 is 0 Å². The number of aryl methyl sites for hydroxylation is 1. The second-order valence-electron chi connectivity index (χ2n) is 7.30. The van der Waals surface area contributed by atoms with Crippen molar-refractivity contribution in [1.82, 2.24) is 14.8 Å². The fourth-order valence-electron chi connectivity index (χ4n) is 3.71. The lowest BCUT2D eigenvalue weighted by atomic mass is 9.96. The topological polar surface area (TPSA) is 92.8 Å². The average Bonchev–Trinajstić information content (AvgIpc) is 3.38. The number of carbonyl (C=O) groups is 1. The highest BCUT2D eigenvalue weighted by molar-refractivity contribution is 7.99. The molecule has 0 fully saturated rings. The molecule has 1 N–H and O–H groups in total. The Morgan fingerprint density at radius 1 is 1.34 bits per heavy atom. The molecule has 0 unspecified atom stereocenters. The molecule has 1 aliphatic rings. The van der Waals surface area contributed by atoms with Gasteiger partial charge in [0.05, 0.1) is 18.4 Å². The van der Waals surface area contributed by atoms with E-state index in [1.807, 2.05) is 28.8 Å². The van der Waals surface area contributed by atoms with Crippen molar-refractivity contribution < 1.29 is 9.53 Å². The van der Waals surface area contributed by atoms with Crippen LogP contribution in [-0.4, -0.2) is 33.5 Å². The number of ether oxygens (including phenoxy) is 1. The van der Waals surface area contributed by atoms with Crippen LogP contribution in [0.25, 0.3) is 11.4 Å². The summed E-state index contributed by atoms with van der Waals surface area (Å²) in [5.74, 6) is 1.48. The van der Waals surface area contributed by atoms with Gasteiger partial charge in [-0.3, -0.25) is 9.36 Å². The van der Waals surface area contributed by atoms with Crippen molar-refractivity contribution in [3.8, 4) is 23.2 Å². The number of methoxy groups -OCH3 is 1. The Balaban J connectivity index is 1.47. The van der Waals surface area contributed by atoms with Gasteiger partial charge in [0.2, 0.25) is 5.91 Å². The molecule has 0 bridgehead atoms. The van der Waals surface area contributed by atoms with Crippen molar-refractivity contribution in [2.45, 2.75) is 37.4 Å². The number of nitriles is 1. The molecule has 2 heterocycles. The van der Waals surface area contributed by atoms with Crippen molar-refractivity contribution in [1.29, 1.82) is 5.26 Å². The molecule has 164 valence electrons. The Labute approximate surface area is 195 Å². The van der Waals surface area contributed by atoms with Crippen LogP contribution in [0.2, 0.25) is 0 Å². The molecule has 9 heteroatoms. The van der Waals surface area contributed by atoms with E-state index in [0.29, 0.717) is 28.1 Å². The van der Waals surface area contributed by atoms with Gasteiger partial charge in [0.1, 0.15) is 16.8 Å². The van der Waals surface area contributed by atoms with Gasteiger partial charge < -0.3 is 10.1 Å². The van der Waals surface area contributed by atoms with E-state index in [-0.39, 0.29) is 11.7 Å². The summed E-state index contributed by atoms with van der Waals surface area (Å²) in [6, 6.07) is 9.87. The SMILES string of the molecule is C=CCn1c(SCC(=O)Nc2sc3c(c2C#N)CCCC3)nnc1-c1ccc(OC)cc1. The Morgan fingerprint density at radius 2 is 2.12 bits per heavy atom. The van der Waals surface area contributed by atoms with E-state index in [9.17, 15) is 10.1 Å². The van der Waals surface area contributed by atoms with Crippen molar-refractivity contribution in [2.24, 2.45) is 0 Å². The second kappa shape index (κ2) is 10.0. The Morgan fingerprint density at radius 3 is 2.84 bits per heavy atom. The van der Waals surface area contributed by atoms with Gasteiger partial charge in [0, 0.05) is 17.0 Å². The molecule has 1 aliphatic carbocycles. The molecule has 1 amide bonds. The summed E-state index contributed by atoms with van der Waals surface area (Å²) in [5.41, 5.74) is 2.64. The van der Waals surface area contributed by atoms with E-state index in [2.05, 4.69) is 28.2 Å². The molecular formula is C23H23N5O2S2. The fraction of sp³-hybridized carbons (Fsp3) is 0.304. The number of rotatable bonds is 8. The largest absolute Gasteiger partial charge is 0.497 e. The summed E-state index contributed by atoms with van der Waals surface area (Å²) < 4.78 is 7.15. The summed E-state index contributed by atoms with van der Waals surface area (Å²) in [6.07, 6.45) is 5.90. The van der Waals surface area contributed by atoms with Crippen LogP contribution in [0.5, 0.6) is 5.75 Å². The van der Waals surface area contributed by atoms with E-state index in [4.69, 9.17) is 4.74 Å². The number of anilines is 1. The van der Waals surface area contributed by atoms with Crippen LogP contribution < -0.4 is 10.1 Å². The number of allylic oxidation sites excluding steroid dienone is 1. The standard InChI is InChI=1S/C23H23N5O2S2/c1-3-12-28-21(15-8-10-16(30-2)11-9-15)26-27-23(28)31-14-20(29)25-22-18(13-24)17-6-4-5-7-19(17)32-22/h3,8-11H,1,4-7,12,14H2,2H3,(H,25,29). The molecular weight excluding hydrogens is 442 g/mol. The predicted octanol–water partition coefficient (Wildman–Crippen LogP) is 4.68. The first kappa shape index (κ1) is 22.1. The number of hydrogen-bond donors (Lipinski definition) is 1. The first-order chi connectivity index (χ1) is 15.6. The monoisotopic (exact) mass is 465 g/mol. The molecule has 32 heavy (non-hydrogen) atoms. The van der Waals surface area contributed by atoms with E-state index >= 15 is 0 Å². The number of hydrogen-bond acceptors (Lipinski definition) is 7. The minimum absolute atomic E-state index is 0.163. The number of amides is 1. The summed E-state index contributed by atoms with van der Waals surface area (Å²) in [6.45, 7) is 4.35. The second-order valence-corrected chi connectivity index (χ2v) is 9.35. The van der Waals surface area contributed by atoms with E-state index in [0.717, 1.165) is 42.6 Å². The highest BCUT2D eigenvalue weighted by Gasteiger charge is 2.22. The number of fused-ring (bicyclic) bond motifs is 1. The Hall–Kier alpha value is -3.09. The zero-order chi connectivity index (χ0) is 22.5. The molecule has 3 aromatic rings. The summed E-state index contributed by atoms with van der Waals surface area (Å²) in [7, 11) is 1.63. The van der Waals surface area contributed by atoms with Gasteiger partial charge in [-0.25, -0.2) is 0 Å². The first-order valence-electron chi connectivity index (χ1n) is 10.3. The van der Waals surface area contributed by atoms with Crippen LogP contribution in [0.1, 0.15) is 28.8 Å². The number of nitrogens with one attached hydrogen (secondary N) is 1. The molecule has 1 aromatic carbocycles. The molecule has 4 rings (SSSR count). The third kappa shape index (κ3) is 4.56. The van der Waals surface area contributed by atoms with Crippen LogP contribution in [0.3, 0.4) is 0 Å². The van der Waals surface area contributed by atoms with Gasteiger partial charge in [-0.1, -0.05) is 17.8 Å². The number of carbonyl (C=O) groups excluding carboxylic acids is 1. The Bertz CT molecular complexity index is 1170. The number of thiophene rings is 1. The lowest BCUT2D eigenvalue weighted by Crippen LogP contribution is -2.14. The molecule has 0 aliphatic heterocycles. The van der Waals surface area contributed by atoms with E-state index < -0.39 is 0 Å². The Kier molecular flexibility index (Phi) is 6.93. The quantitative estimate of drug-likeness (QED) is 0.383. The van der Waals surface area contributed by atoms with E-state index in [1.165, 1.54) is 28.0 Å². The fourth-order valence-corrected chi connectivity index (χ4v) is 5.71. The molecule has 0 saturated carbocycles. The maximum atomic E-state index is 12.7. The lowest BCUT2D eigenvalue weighted by Gasteiger charge is -2.09. The molecule has 2 aromatic heterocycles. The molecule has 0 saturated heterocycles. The highest BCUT2D eigenvalue weighted by atomic mass is 32.2. The van der Waals surface area contributed by atoms with E-state index in [1.54, 1.807) is 13.2 Å². The molecule has 0 radical (unpaired) electrons. The van der Waals surface area contributed by atoms with Crippen LogP contribution in [0, 0.1) is 11.3 Å². The number of aromatic nitrogens is 3. The number of thioether (sulfide) groups is 1. The molecule has 0 atom stereocenters. The number of benzene rings is 1. The van der Waals surface area contributed by atoms with Crippen molar-refractivity contribution in [2.75, 3.05) is 18.2 Å². The number of nitrogens with zero attached hydrogens (tertiary/aromatic N) is 4. The minimum Gasteiger partial charge on any atom is -0.497 e. The third-order valence-corrected chi connectivity index (χ3v) is 7.42. The van der Waals surface area contributed by atoms with Gasteiger partial charge in [-0.2, -0.15) is 5.26 Å². The molecule has 0 spiro atoms. The van der Waals surface area contributed by atoms with Gasteiger partial charge in [0.15, 0.2) is 11.0 Å². The lowest BCUT2D eigenvalue weighted by molar-refractivity contribution is -0.113. The maximum Gasteiger partial charge on any atom is 0.235 e. The minimum atomic E-state index is -0.163. The average molecular weight is 466 g/mol. The van der Waals surface area contributed by atoms with Crippen molar-refractivity contribution in [3.05, 3.63) is 52.9 Å². The zero-order valence-corrected chi connectivity index (χ0v) is 19.4. The zero-order valence-electron chi connectivity index (χ0n) is 17.8. The van der Waals surface area contributed by atoms with Crippen molar-refractivity contribution >= 4 is 34.0 Å². The van der Waals surface area contributed by atoms with Crippen LogP contribution in [0.4, 0.5) is 5.00 Å². The smallest absolute Gasteiger partial charge is 0.235 e. The maximum absolute atomic E-state index is 12.7. The highest BCUT2D eigenvalue weighted by Crippen LogP contribution is 2.37. The molecule has 7 nitrogen and oxygen atoms in total. The summed E-state index contributed by atoms with van der Waals surface area (Å²) in [4.78, 5) is 13.9. The van der Waals surface area contributed by atoms with Gasteiger partial charge in [-0.15, -0.1) is 28.1 Å². The first-order valence-corrected chi connectivity index (χ1v) is 12.1. The van der Waals surface area contributed by atoms with Crippen LogP contribution in [-0.2, 0) is 24.2 Å². The van der Waals surface area contributed by atoms with Crippen LogP contribution >= 0.6 is 23.1 Å². The summed E-state index contributed by atoms with van der Waals surface area (Å²) in [5, 5.41) is 22.4. The predicted molar refractivity (Wildman–Crippen MR) is 127 cm³/mol. The normalized spacial score (nSPS) is 12.6. The van der Waals surface area contributed by atoms with Crippen molar-refractivity contribution in [3.63, 3.8) is 0 Å². The van der Waals surface area contributed by atoms with Gasteiger partial charge in [0.25, 0.3) is 0 Å². The third-order valence-electron chi connectivity index (χ3n) is 5.25.